The molecular formula is C24H29ClN4O4. The van der Waals surface area contributed by atoms with Gasteiger partial charge in [-0.15, -0.1) is 0 Å². The first kappa shape index (κ1) is 23.4. The Bertz CT molecular complexity index is 1030. The second kappa shape index (κ2) is 10.4. The van der Waals surface area contributed by atoms with Gasteiger partial charge in [0.25, 0.3) is 0 Å². The quantitative estimate of drug-likeness (QED) is 0.628. The molecule has 2 aliphatic rings. The fraction of sp³-hybridized carbons (Fsp3) is 0.417. The van der Waals surface area contributed by atoms with Crippen molar-refractivity contribution in [2.45, 2.75) is 12.5 Å². The minimum absolute atomic E-state index is 0.0532. The number of morpholine rings is 1. The maximum Gasteiger partial charge on any atom is 0.313 e. The van der Waals surface area contributed by atoms with E-state index in [2.05, 4.69) is 45.7 Å². The smallest absolute Gasteiger partial charge is 0.313 e. The number of ether oxygens (including phenoxy) is 2. The standard InChI is InChI=1S/C24H29ClN4O4/c1-28-8-7-17-13-16(3-5-20(17)28)21(29-9-11-33-12-10-29)15-26-23(30)24(31)27-19-14-18(25)4-6-22(19)32-2/h3-6,13-14,21H,7-12,15H2,1-2H3,(H,26,30)(H,27,31)/t21-/m0/s1. The number of anilines is 2. The number of fused-ring (bicyclic) bond motifs is 1. The number of likely N-dealkylation sites (N-methyl/N-ethyl adjacent to an activating group) is 1. The van der Waals surface area contributed by atoms with Gasteiger partial charge in [0.2, 0.25) is 0 Å². The highest BCUT2D eigenvalue weighted by molar-refractivity contribution is 6.40. The third kappa shape index (κ3) is 5.40. The topological polar surface area (TPSA) is 83.1 Å². The van der Waals surface area contributed by atoms with Crippen molar-refractivity contribution in [3.63, 3.8) is 0 Å². The molecule has 0 bridgehead atoms. The molecule has 0 unspecified atom stereocenters. The monoisotopic (exact) mass is 472 g/mol. The van der Waals surface area contributed by atoms with Crippen molar-refractivity contribution < 1.29 is 19.1 Å². The highest BCUT2D eigenvalue weighted by atomic mass is 35.5. The van der Waals surface area contributed by atoms with Crippen LogP contribution in [0.1, 0.15) is 17.2 Å². The van der Waals surface area contributed by atoms with E-state index >= 15 is 0 Å². The molecule has 2 aliphatic heterocycles. The van der Waals surface area contributed by atoms with Gasteiger partial charge >= 0.3 is 11.8 Å². The van der Waals surface area contributed by atoms with Crippen molar-refractivity contribution >= 4 is 34.8 Å². The summed E-state index contributed by atoms with van der Waals surface area (Å²) in [6.07, 6.45) is 1.01. The highest BCUT2D eigenvalue weighted by Crippen LogP contribution is 2.31. The molecule has 176 valence electrons. The third-order valence-corrected chi connectivity index (χ3v) is 6.41. The Morgan fingerprint density at radius 1 is 1.12 bits per heavy atom. The number of methoxy groups -OCH3 is 1. The van der Waals surface area contributed by atoms with Crippen LogP contribution < -0.4 is 20.3 Å². The zero-order valence-electron chi connectivity index (χ0n) is 18.9. The second-order valence-corrected chi connectivity index (χ2v) is 8.67. The number of hydrogen-bond donors (Lipinski definition) is 2. The summed E-state index contributed by atoms with van der Waals surface area (Å²) < 4.78 is 10.7. The van der Waals surface area contributed by atoms with Gasteiger partial charge < -0.3 is 25.0 Å². The van der Waals surface area contributed by atoms with Crippen molar-refractivity contribution in [3.8, 4) is 5.75 Å². The predicted octanol–water partition coefficient (Wildman–Crippen LogP) is 2.47. The van der Waals surface area contributed by atoms with Crippen LogP contribution >= 0.6 is 11.6 Å². The summed E-state index contributed by atoms with van der Waals surface area (Å²) >= 11 is 6.02. The number of hydrogen-bond acceptors (Lipinski definition) is 6. The molecule has 0 saturated carbocycles. The lowest BCUT2D eigenvalue weighted by Crippen LogP contribution is -2.45. The summed E-state index contributed by atoms with van der Waals surface area (Å²) in [5.74, 6) is -1.06. The molecule has 1 fully saturated rings. The lowest BCUT2D eigenvalue weighted by Gasteiger charge is -2.35. The first-order chi connectivity index (χ1) is 16.0. The molecule has 2 aromatic carbocycles. The van der Waals surface area contributed by atoms with Gasteiger partial charge in [0, 0.05) is 43.9 Å². The number of benzene rings is 2. The molecule has 1 atom stereocenters. The van der Waals surface area contributed by atoms with Gasteiger partial charge in [-0.25, -0.2) is 0 Å². The number of amides is 2. The average Bonchev–Trinajstić information content (AvgIpc) is 3.20. The van der Waals surface area contributed by atoms with Crippen LogP contribution in [-0.4, -0.2) is 70.3 Å². The van der Waals surface area contributed by atoms with E-state index in [0.29, 0.717) is 36.2 Å². The largest absolute Gasteiger partial charge is 0.495 e. The molecule has 2 heterocycles. The molecule has 33 heavy (non-hydrogen) atoms. The van der Waals surface area contributed by atoms with Crippen molar-refractivity contribution in [2.24, 2.45) is 0 Å². The molecular weight excluding hydrogens is 444 g/mol. The Hall–Kier alpha value is -2.81. The summed E-state index contributed by atoms with van der Waals surface area (Å²) in [6.45, 7) is 4.14. The number of rotatable bonds is 6. The summed E-state index contributed by atoms with van der Waals surface area (Å²) in [4.78, 5) is 29.7. The molecule has 2 aromatic rings. The van der Waals surface area contributed by atoms with Crippen LogP contribution in [0.4, 0.5) is 11.4 Å². The molecule has 0 aliphatic carbocycles. The second-order valence-electron chi connectivity index (χ2n) is 8.23. The summed E-state index contributed by atoms with van der Waals surface area (Å²) in [5, 5.41) is 5.83. The molecule has 8 nitrogen and oxygen atoms in total. The Morgan fingerprint density at radius 2 is 1.91 bits per heavy atom. The summed E-state index contributed by atoms with van der Waals surface area (Å²) in [6, 6.07) is 11.3. The maximum atomic E-state index is 12.6. The Balaban J connectivity index is 1.46. The van der Waals surface area contributed by atoms with E-state index in [0.717, 1.165) is 31.6 Å². The summed E-state index contributed by atoms with van der Waals surface area (Å²) in [5.41, 5.74) is 4.03. The van der Waals surface area contributed by atoms with E-state index in [1.54, 1.807) is 18.2 Å². The highest BCUT2D eigenvalue weighted by Gasteiger charge is 2.26. The van der Waals surface area contributed by atoms with Gasteiger partial charge in [-0.05, 0) is 41.8 Å². The van der Waals surface area contributed by atoms with Gasteiger partial charge in [0.1, 0.15) is 5.75 Å². The first-order valence-electron chi connectivity index (χ1n) is 11.0. The lowest BCUT2D eigenvalue weighted by atomic mass is 10.0. The van der Waals surface area contributed by atoms with Crippen LogP contribution in [0.2, 0.25) is 5.02 Å². The molecule has 4 rings (SSSR count). The zero-order chi connectivity index (χ0) is 23.4. The van der Waals surface area contributed by atoms with E-state index in [1.807, 2.05) is 0 Å². The normalized spacial score (nSPS) is 16.8. The minimum atomic E-state index is -0.771. The SMILES string of the molecule is COc1ccc(Cl)cc1NC(=O)C(=O)NC[C@@H](c1ccc2c(c1)CCN2C)N1CCOCC1. The fourth-order valence-corrected chi connectivity index (χ4v) is 4.54. The fourth-order valence-electron chi connectivity index (χ4n) is 4.37. The van der Waals surface area contributed by atoms with Gasteiger partial charge in [0.05, 0.1) is 32.1 Å². The minimum Gasteiger partial charge on any atom is -0.495 e. The van der Waals surface area contributed by atoms with Gasteiger partial charge in [-0.2, -0.15) is 0 Å². The van der Waals surface area contributed by atoms with E-state index < -0.39 is 11.8 Å². The van der Waals surface area contributed by atoms with E-state index in [1.165, 1.54) is 18.4 Å². The molecule has 2 amide bonds. The third-order valence-electron chi connectivity index (χ3n) is 6.17. The average molecular weight is 473 g/mol. The van der Waals surface area contributed by atoms with Crippen molar-refractivity contribution in [1.29, 1.82) is 0 Å². The van der Waals surface area contributed by atoms with E-state index in [-0.39, 0.29) is 6.04 Å². The predicted molar refractivity (Wildman–Crippen MR) is 128 cm³/mol. The number of nitrogens with zero attached hydrogens (tertiary/aromatic N) is 2. The Kier molecular flexibility index (Phi) is 7.37. The molecule has 0 spiro atoms. The van der Waals surface area contributed by atoms with Crippen LogP contribution in [0, 0.1) is 0 Å². The van der Waals surface area contributed by atoms with Crippen molar-refractivity contribution in [1.82, 2.24) is 10.2 Å². The van der Waals surface area contributed by atoms with E-state index in [4.69, 9.17) is 21.1 Å². The molecule has 0 radical (unpaired) electrons. The number of halogens is 1. The van der Waals surface area contributed by atoms with Crippen molar-refractivity contribution in [3.05, 3.63) is 52.5 Å². The Morgan fingerprint density at radius 3 is 2.67 bits per heavy atom. The number of carbonyl (C=O) groups excluding carboxylic acids is 2. The van der Waals surface area contributed by atoms with Gasteiger partial charge in [-0.1, -0.05) is 23.7 Å². The molecule has 2 N–H and O–H groups in total. The van der Waals surface area contributed by atoms with Crippen LogP contribution in [0.25, 0.3) is 0 Å². The number of nitrogens with one attached hydrogen (secondary N) is 2. The van der Waals surface area contributed by atoms with E-state index in [9.17, 15) is 9.59 Å². The summed E-state index contributed by atoms with van der Waals surface area (Å²) in [7, 11) is 3.58. The van der Waals surface area contributed by atoms with Crippen LogP contribution in [-0.2, 0) is 20.7 Å². The van der Waals surface area contributed by atoms with Crippen LogP contribution in [0.15, 0.2) is 36.4 Å². The molecule has 0 aromatic heterocycles. The van der Waals surface area contributed by atoms with Crippen LogP contribution in [0.5, 0.6) is 5.75 Å². The van der Waals surface area contributed by atoms with Crippen molar-refractivity contribution in [2.75, 3.05) is 63.8 Å². The zero-order valence-corrected chi connectivity index (χ0v) is 19.7. The first-order valence-corrected chi connectivity index (χ1v) is 11.4. The van der Waals surface area contributed by atoms with Crippen LogP contribution in [0.3, 0.4) is 0 Å². The number of carbonyl (C=O) groups is 2. The lowest BCUT2D eigenvalue weighted by molar-refractivity contribution is -0.136. The van der Waals surface area contributed by atoms with Gasteiger partial charge in [0.15, 0.2) is 0 Å². The molecule has 9 heteroatoms. The van der Waals surface area contributed by atoms with Gasteiger partial charge in [-0.3, -0.25) is 14.5 Å². The Labute approximate surface area is 198 Å². The maximum absolute atomic E-state index is 12.6. The molecule has 1 saturated heterocycles.